The summed E-state index contributed by atoms with van der Waals surface area (Å²) in [5.41, 5.74) is 2.78. The SMILES string of the molecule is Cc1cccc(N2N=C(C(=O)Nc3ccccc3)CCC2=O)c1. The molecular weight excluding hydrogens is 290 g/mol. The number of carbonyl (C=O) groups is 2. The highest BCUT2D eigenvalue weighted by molar-refractivity contribution is 6.44. The van der Waals surface area contributed by atoms with Gasteiger partial charge in [-0.2, -0.15) is 5.10 Å². The number of hydrazone groups is 1. The third-order valence-corrected chi connectivity index (χ3v) is 3.57. The van der Waals surface area contributed by atoms with Crippen LogP contribution in [0.1, 0.15) is 18.4 Å². The molecule has 0 bridgehead atoms. The number of nitrogens with zero attached hydrogens (tertiary/aromatic N) is 2. The van der Waals surface area contributed by atoms with Crippen molar-refractivity contribution in [2.45, 2.75) is 19.8 Å². The summed E-state index contributed by atoms with van der Waals surface area (Å²) in [7, 11) is 0. The molecular formula is C18H17N3O2. The molecule has 116 valence electrons. The van der Waals surface area contributed by atoms with E-state index in [1.54, 1.807) is 0 Å². The first kappa shape index (κ1) is 15.0. The number of aryl methyl sites for hydroxylation is 1. The van der Waals surface area contributed by atoms with Gasteiger partial charge in [0, 0.05) is 18.5 Å². The Morgan fingerprint density at radius 2 is 1.87 bits per heavy atom. The summed E-state index contributed by atoms with van der Waals surface area (Å²) in [6, 6.07) is 16.7. The molecule has 0 fully saturated rings. The minimum Gasteiger partial charge on any atom is -0.321 e. The fraction of sp³-hybridized carbons (Fsp3) is 0.167. The summed E-state index contributed by atoms with van der Waals surface area (Å²) < 4.78 is 0. The van der Waals surface area contributed by atoms with E-state index in [0.29, 0.717) is 23.5 Å². The lowest BCUT2D eigenvalue weighted by Crippen LogP contribution is -2.36. The van der Waals surface area contributed by atoms with Gasteiger partial charge in [0.05, 0.1) is 5.69 Å². The van der Waals surface area contributed by atoms with E-state index in [-0.39, 0.29) is 18.2 Å². The Hall–Kier alpha value is -2.95. The first-order valence-corrected chi connectivity index (χ1v) is 7.47. The number of hydrogen-bond donors (Lipinski definition) is 1. The standard InChI is InChI=1S/C18H17N3O2/c1-13-6-5-9-15(12-13)21-17(22)11-10-16(20-21)18(23)19-14-7-3-2-4-8-14/h2-9,12H,10-11H2,1H3,(H,19,23). The quantitative estimate of drug-likeness (QED) is 0.947. The van der Waals surface area contributed by atoms with Gasteiger partial charge in [-0.25, -0.2) is 5.01 Å². The fourth-order valence-electron chi connectivity index (χ4n) is 2.40. The molecule has 1 N–H and O–H groups in total. The molecule has 1 aliphatic rings. The number of anilines is 2. The van der Waals surface area contributed by atoms with Gasteiger partial charge in [0.1, 0.15) is 5.71 Å². The van der Waals surface area contributed by atoms with Gasteiger partial charge in [-0.3, -0.25) is 9.59 Å². The molecule has 1 heterocycles. The van der Waals surface area contributed by atoms with E-state index in [1.165, 1.54) is 5.01 Å². The lowest BCUT2D eigenvalue weighted by Gasteiger charge is -2.23. The largest absolute Gasteiger partial charge is 0.321 e. The predicted octanol–water partition coefficient (Wildman–Crippen LogP) is 3.12. The minimum absolute atomic E-state index is 0.105. The van der Waals surface area contributed by atoms with Gasteiger partial charge >= 0.3 is 0 Å². The maximum absolute atomic E-state index is 12.3. The Labute approximate surface area is 134 Å². The second-order valence-electron chi connectivity index (χ2n) is 5.41. The van der Waals surface area contributed by atoms with Crippen molar-refractivity contribution in [3.8, 4) is 0 Å². The summed E-state index contributed by atoms with van der Waals surface area (Å²) in [5, 5.41) is 8.38. The highest BCUT2D eigenvalue weighted by Crippen LogP contribution is 2.21. The highest BCUT2D eigenvalue weighted by Gasteiger charge is 2.25. The van der Waals surface area contributed by atoms with Crippen LogP contribution in [0.5, 0.6) is 0 Å². The maximum Gasteiger partial charge on any atom is 0.271 e. The molecule has 2 aromatic carbocycles. The monoisotopic (exact) mass is 307 g/mol. The van der Waals surface area contributed by atoms with Crippen molar-refractivity contribution < 1.29 is 9.59 Å². The van der Waals surface area contributed by atoms with Crippen LogP contribution in [-0.2, 0) is 9.59 Å². The molecule has 0 aromatic heterocycles. The van der Waals surface area contributed by atoms with Crippen molar-refractivity contribution in [3.05, 3.63) is 60.2 Å². The molecule has 0 unspecified atom stereocenters. The summed E-state index contributed by atoms with van der Waals surface area (Å²) >= 11 is 0. The van der Waals surface area contributed by atoms with Crippen molar-refractivity contribution in [1.29, 1.82) is 0 Å². The first-order valence-electron chi connectivity index (χ1n) is 7.47. The molecule has 2 aromatic rings. The van der Waals surface area contributed by atoms with Crippen LogP contribution in [-0.4, -0.2) is 17.5 Å². The lowest BCUT2D eigenvalue weighted by atomic mass is 10.1. The Balaban J connectivity index is 1.83. The molecule has 2 amide bonds. The molecule has 23 heavy (non-hydrogen) atoms. The smallest absolute Gasteiger partial charge is 0.271 e. The van der Waals surface area contributed by atoms with Crippen molar-refractivity contribution in [3.63, 3.8) is 0 Å². The number of benzene rings is 2. The van der Waals surface area contributed by atoms with E-state index in [1.807, 2.05) is 61.5 Å². The summed E-state index contributed by atoms with van der Waals surface area (Å²) in [6.07, 6.45) is 0.620. The van der Waals surface area contributed by atoms with E-state index >= 15 is 0 Å². The molecule has 0 atom stereocenters. The van der Waals surface area contributed by atoms with Gasteiger partial charge in [0.2, 0.25) is 5.91 Å². The molecule has 0 aliphatic carbocycles. The second-order valence-corrected chi connectivity index (χ2v) is 5.41. The van der Waals surface area contributed by atoms with E-state index < -0.39 is 0 Å². The summed E-state index contributed by atoms with van der Waals surface area (Å²) in [6.45, 7) is 1.95. The van der Waals surface area contributed by atoms with E-state index in [9.17, 15) is 9.59 Å². The van der Waals surface area contributed by atoms with Gasteiger partial charge in [-0.1, -0.05) is 30.3 Å². The maximum atomic E-state index is 12.3. The average Bonchev–Trinajstić information content (AvgIpc) is 2.56. The van der Waals surface area contributed by atoms with Gasteiger partial charge in [-0.15, -0.1) is 0 Å². The normalized spacial score (nSPS) is 14.4. The molecule has 0 saturated carbocycles. The second kappa shape index (κ2) is 6.44. The van der Waals surface area contributed by atoms with Crippen molar-refractivity contribution in [1.82, 2.24) is 0 Å². The molecule has 3 rings (SSSR count). The molecule has 5 heteroatoms. The Morgan fingerprint density at radius 1 is 1.09 bits per heavy atom. The van der Waals surface area contributed by atoms with Gasteiger partial charge < -0.3 is 5.32 Å². The molecule has 0 spiro atoms. The minimum atomic E-state index is -0.277. The molecule has 0 radical (unpaired) electrons. The van der Waals surface area contributed by atoms with Crippen LogP contribution < -0.4 is 10.3 Å². The highest BCUT2D eigenvalue weighted by atomic mass is 16.2. The third-order valence-electron chi connectivity index (χ3n) is 3.57. The third kappa shape index (κ3) is 3.45. The molecule has 5 nitrogen and oxygen atoms in total. The van der Waals surface area contributed by atoms with Crippen molar-refractivity contribution in [2.75, 3.05) is 10.3 Å². The summed E-state index contributed by atoms with van der Waals surface area (Å²) in [5.74, 6) is -0.381. The van der Waals surface area contributed by atoms with Crippen LogP contribution >= 0.6 is 0 Å². The number of rotatable bonds is 3. The van der Waals surface area contributed by atoms with Crippen LogP contribution in [0.25, 0.3) is 0 Å². The average molecular weight is 307 g/mol. The zero-order chi connectivity index (χ0) is 16.2. The van der Waals surface area contributed by atoms with Crippen LogP contribution in [0.15, 0.2) is 59.7 Å². The lowest BCUT2D eigenvalue weighted by molar-refractivity contribution is -0.118. The van der Waals surface area contributed by atoms with Crippen LogP contribution in [0, 0.1) is 6.92 Å². The Morgan fingerprint density at radius 3 is 2.61 bits per heavy atom. The summed E-state index contributed by atoms with van der Waals surface area (Å²) in [4.78, 5) is 24.5. The van der Waals surface area contributed by atoms with E-state index in [0.717, 1.165) is 5.56 Å². The van der Waals surface area contributed by atoms with Crippen molar-refractivity contribution in [2.24, 2.45) is 5.10 Å². The van der Waals surface area contributed by atoms with Crippen molar-refractivity contribution >= 4 is 28.9 Å². The van der Waals surface area contributed by atoms with Crippen LogP contribution in [0.4, 0.5) is 11.4 Å². The first-order chi connectivity index (χ1) is 11.1. The molecule has 1 aliphatic heterocycles. The number of hydrogen-bond acceptors (Lipinski definition) is 3. The fourth-order valence-corrected chi connectivity index (χ4v) is 2.40. The van der Waals surface area contributed by atoms with Gasteiger partial charge in [-0.05, 0) is 36.8 Å². The van der Waals surface area contributed by atoms with Crippen LogP contribution in [0.3, 0.4) is 0 Å². The van der Waals surface area contributed by atoms with Gasteiger partial charge in [0.25, 0.3) is 5.91 Å². The Kier molecular flexibility index (Phi) is 4.19. The number of nitrogens with one attached hydrogen (secondary N) is 1. The number of carbonyl (C=O) groups excluding carboxylic acids is 2. The molecule has 0 saturated heterocycles. The number of amides is 2. The van der Waals surface area contributed by atoms with E-state index in [2.05, 4.69) is 10.4 Å². The topological polar surface area (TPSA) is 61.8 Å². The van der Waals surface area contributed by atoms with Crippen LogP contribution in [0.2, 0.25) is 0 Å². The number of para-hydroxylation sites is 1. The zero-order valence-corrected chi connectivity index (χ0v) is 12.8. The van der Waals surface area contributed by atoms with Gasteiger partial charge in [0.15, 0.2) is 0 Å². The Bertz CT molecular complexity index is 769. The predicted molar refractivity (Wildman–Crippen MR) is 90.4 cm³/mol. The van der Waals surface area contributed by atoms with E-state index in [4.69, 9.17) is 0 Å². The zero-order valence-electron chi connectivity index (χ0n) is 12.8.